The van der Waals surface area contributed by atoms with Gasteiger partial charge < -0.3 is 5.32 Å². The van der Waals surface area contributed by atoms with Crippen LogP contribution in [-0.4, -0.2) is 59.3 Å². The summed E-state index contributed by atoms with van der Waals surface area (Å²) in [5, 5.41) is 3.42. The molecule has 0 saturated carbocycles. The second kappa shape index (κ2) is 9.13. The molecule has 2 aliphatic heterocycles. The van der Waals surface area contributed by atoms with Crippen LogP contribution < -0.4 is 5.32 Å². The normalized spacial score (nSPS) is 18.6. The van der Waals surface area contributed by atoms with Crippen molar-refractivity contribution in [3.05, 3.63) is 51.5 Å². The molecule has 1 saturated heterocycles. The van der Waals surface area contributed by atoms with Gasteiger partial charge >= 0.3 is 0 Å². The van der Waals surface area contributed by atoms with Crippen molar-refractivity contribution in [3.8, 4) is 0 Å². The Balaban J connectivity index is 0.00000225. The smallest absolute Gasteiger partial charge is 0.261 e. The molecule has 0 radical (unpaired) electrons. The van der Waals surface area contributed by atoms with Crippen LogP contribution in [0.25, 0.3) is 0 Å². The number of aryl methyl sites for hydroxylation is 1. The first-order valence-corrected chi connectivity index (χ1v) is 10.3. The molecule has 0 aliphatic carbocycles. The molecule has 0 bridgehead atoms. The fourth-order valence-electron chi connectivity index (χ4n) is 3.84. The van der Waals surface area contributed by atoms with Crippen molar-refractivity contribution in [1.29, 1.82) is 0 Å². The van der Waals surface area contributed by atoms with Crippen LogP contribution in [0, 0.1) is 12.8 Å². The number of halogens is 1. The molecule has 1 fully saturated rings. The molecule has 2 aliphatic rings. The van der Waals surface area contributed by atoms with Crippen molar-refractivity contribution in [2.45, 2.75) is 19.9 Å². The Morgan fingerprint density at radius 3 is 2.54 bits per heavy atom. The molecule has 0 spiro atoms. The van der Waals surface area contributed by atoms with Gasteiger partial charge in [0.15, 0.2) is 0 Å². The van der Waals surface area contributed by atoms with Gasteiger partial charge in [-0.25, -0.2) is 4.98 Å². The van der Waals surface area contributed by atoms with Gasteiger partial charge in [0.1, 0.15) is 0 Å². The van der Waals surface area contributed by atoms with E-state index in [1.54, 1.807) is 35.6 Å². The van der Waals surface area contributed by atoms with Crippen LogP contribution in [0.4, 0.5) is 0 Å². The van der Waals surface area contributed by atoms with Crippen molar-refractivity contribution in [2.75, 3.05) is 32.7 Å². The van der Waals surface area contributed by atoms with Crippen LogP contribution in [0.1, 0.15) is 37.7 Å². The van der Waals surface area contributed by atoms with E-state index in [1.165, 1.54) is 16.2 Å². The van der Waals surface area contributed by atoms with Gasteiger partial charge in [-0.3, -0.25) is 19.4 Å². The van der Waals surface area contributed by atoms with Crippen molar-refractivity contribution in [2.24, 2.45) is 5.92 Å². The van der Waals surface area contributed by atoms with Gasteiger partial charge in [-0.05, 0) is 44.5 Å². The molecular weight excluding hydrogens is 396 g/mol. The molecule has 4 rings (SSSR count). The first kappa shape index (κ1) is 20.9. The average molecular weight is 421 g/mol. The van der Waals surface area contributed by atoms with Crippen LogP contribution in [0.2, 0.25) is 0 Å². The average Bonchev–Trinajstić information content (AvgIpc) is 3.38. The quantitative estimate of drug-likeness (QED) is 0.697. The SMILES string of the molecule is Cc1ncsc1CN(CCN1C(=O)c2ccccc2C1=O)CC1CCNC1.Cl. The number of amides is 2. The molecule has 150 valence electrons. The first-order valence-electron chi connectivity index (χ1n) is 9.40. The predicted molar refractivity (Wildman–Crippen MR) is 112 cm³/mol. The third-order valence-corrected chi connectivity index (χ3v) is 6.33. The van der Waals surface area contributed by atoms with Crippen molar-refractivity contribution < 1.29 is 9.59 Å². The number of carbonyl (C=O) groups excluding carboxylic acids is 2. The second-order valence-corrected chi connectivity index (χ2v) is 8.20. The van der Waals surface area contributed by atoms with E-state index in [0.717, 1.165) is 31.9 Å². The molecule has 6 nitrogen and oxygen atoms in total. The molecule has 1 unspecified atom stereocenters. The van der Waals surface area contributed by atoms with E-state index in [9.17, 15) is 9.59 Å². The van der Waals surface area contributed by atoms with Gasteiger partial charge in [0.25, 0.3) is 11.8 Å². The lowest BCUT2D eigenvalue weighted by atomic mass is 10.1. The lowest BCUT2D eigenvalue weighted by Crippen LogP contribution is -2.40. The van der Waals surface area contributed by atoms with E-state index < -0.39 is 0 Å². The maximum Gasteiger partial charge on any atom is 0.261 e. The van der Waals surface area contributed by atoms with Crippen LogP contribution in [0.3, 0.4) is 0 Å². The van der Waals surface area contributed by atoms with Gasteiger partial charge in [0.05, 0.1) is 22.3 Å². The molecular formula is C20H25ClN4O2S. The number of thiazole rings is 1. The van der Waals surface area contributed by atoms with Gasteiger partial charge in [0.2, 0.25) is 0 Å². The number of nitrogens with one attached hydrogen (secondary N) is 1. The Kier molecular flexibility index (Phi) is 6.82. The highest BCUT2D eigenvalue weighted by Crippen LogP contribution is 2.23. The van der Waals surface area contributed by atoms with Gasteiger partial charge in [0, 0.05) is 31.1 Å². The Hall–Kier alpha value is -1.80. The Bertz CT molecular complexity index is 815. The van der Waals surface area contributed by atoms with E-state index in [1.807, 2.05) is 12.4 Å². The minimum absolute atomic E-state index is 0. The number of nitrogens with zero attached hydrogens (tertiary/aromatic N) is 3. The summed E-state index contributed by atoms with van der Waals surface area (Å²) in [6.07, 6.45) is 1.17. The van der Waals surface area contributed by atoms with Gasteiger partial charge in [-0.1, -0.05) is 12.1 Å². The van der Waals surface area contributed by atoms with Crippen molar-refractivity contribution in [3.63, 3.8) is 0 Å². The third kappa shape index (κ3) is 4.27. The summed E-state index contributed by atoms with van der Waals surface area (Å²) in [6, 6.07) is 7.08. The predicted octanol–water partition coefficient (Wildman–Crippen LogP) is 2.58. The maximum atomic E-state index is 12.6. The standard InChI is InChI=1S/C20H24N4O2S.ClH/c1-14-18(27-13-22-14)12-23(11-15-6-7-21-10-15)8-9-24-19(25)16-4-2-3-5-17(16)20(24)26;/h2-5,13,15,21H,6-12H2,1H3;1H. The van der Waals surface area contributed by atoms with E-state index >= 15 is 0 Å². The minimum atomic E-state index is -0.174. The van der Waals surface area contributed by atoms with Crippen LogP contribution >= 0.6 is 23.7 Å². The molecule has 28 heavy (non-hydrogen) atoms. The summed E-state index contributed by atoms with van der Waals surface area (Å²) in [7, 11) is 0. The van der Waals surface area contributed by atoms with Gasteiger partial charge in [-0.2, -0.15) is 0 Å². The topological polar surface area (TPSA) is 65.5 Å². The number of hydrogen-bond donors (Lipinski definition) is 1. The fraction of sp³-hybridized carbons (Fsp3) is 0.450. The maximum absolute atomic E-state index is 12.6. The Morgan fingerprint density at radius 1 is 1.25 bits per heavy atom. The zero-order valence-corrected chi connectivity index (χ0v) is 17.5. The van der Waals surface area contributed by atoms with Crippen molar-refractivity contribution in [1.82, 2.24) is 20.1 Å². The molecule has 2 aromatic rings. The monoisotopic (exact) mass is 420 g/mol. The summed E-state index contributed by atoms with van der Waals surface area (Å²) in [5.74, 6) is 0.263. The summed E-state index contributed by atoms with van der Waals surface area (Å²) in [6.45, 7) is 7.01. The third-order valence-electron chi connectivity index (χ3n) is 5.41. The molecule has 3 heterocycles. The highest BCUT2D eigenvalue weighted by molar-refractivity contribution is 7.09. The molecule has 2 amide bonds. The molecule has 1 atom stereocenters. The lowest BCUT2D eigenvalue weighted by molar-refractivity contribution is 0.0631. The summed E-state index contributed by atoms with van der Waals surface area (Å²) in [5.41, 5.74) is 3.99. The first-order chi connectivity index (χ1) is 13.1. The molecule has 1 N–H and O–H groups in total. The summed E-state index contributed by atoms with van der Waals surface area (Å²) >= 11 is 1.67. The Morgan fingerprint density at radius 2 is 1.96 bits per heavy atom. The number of carbonyl (C=O) groups is 2. The van der Waals surface area contributed by atoms with Gasteiger partial charge in [-0.15, -0.1) is 23.7 Å². The fourth-order valence-corrected chi connectivity index (χ4v) is 4.65. The Labute approximate surface area is 175 Å². The second-order valence-electron chi connectivity index (χ2n) is 7.26. The molecule has 1 aromatic heterocycles. The largest absolute Gasteiger partial charge is 0.316 e. The zero-order valence-electron chi connectivity index (χ0n) is 15.9. The van der Waals surface area contributed by atoms with E-state index in [0.29, 0.717) is 30.1 Å². The molecule has 1 aromatic carbocycles. The van der Waals surface area contributed by atoms with E-state index in [2.05, 4.69) is 15.2 Å². The number of imide groups is 1. The zero-order chi connectivity index (χ0) is 18.8. The van der Waals surface area contributed by atoms with E-state index in [4.69, 9.17) is 0 Å². The highest BCUT2D eigenvalue weighted by atomic mass is 35.5. The minimum Gasteiger partial charge on any atom is -0.316 e. The van der Waals surface area contributed by atoms with E-state index in [-0.39, 0.29) is 24.2 Å². The molecule has 8 heteroatoms. The number of hydrogen-bond acceptors (Lipinski definition) is 6. The van der Waals surface area contributed by atoms with Crippen LogP contribution in [0.15, 0.2) is 29.8 Å². The summed E-state index contributed by atoms with van der Waals surface area (Å²) < 4.78 is 0. The van der Waals surface area contributed by atoms with Crippen LogP contribution in [-0.2, 0) is 6.54 Å². The van der Waals surface area contributed by atoms with Crippen molar-refractivity contribution >= 4 is 35.6 Å². The number of aromatic nitrogens is 1. The lowest BCUT2D eigenvalue weighted by Gasteiger charge is -2.26. The summed E-state index contributed by atoms with van der Waals surface area (Å²) in [4.78, 5) is 34.6. The number of benzene rings is 1. The number of rotatable bonds is 7. The number of fused-ring (bicyclic) bond motifs is 1. The van der Waals surface area contributed by atoms with Crippen LogP contribution in [0.5, 0.6) is 0 Å². The highest BCUT2D eigenvalue weighted by Gasteiger charge is 2.35.